The maximum absolute atomic E-state index is 13.3. The van der Waals surface area contributed by atoms with E-state index in [4.69, 9.17) is 0 Å². The Morgan fingerprint density at radius 1 is 1.44 bits per heavy atom. The first-order valence-electron chi connectivity index (χ1n) is 5.89. The SMILES string of the molecule is CC1CC(NC(=O)/C=C/c2ccccc2F)NN1. The summed E-state index contributed by atoms with van der Waals surface area (Å²) in [6.07, 6.45) is 3.54. The van der Waals surface area contributed by atoms with E-state index in [9.17, 15) is 9.18 Å². The first-order chi connectivity index (χ1) is 8.65. The van der Waals surface area contributed by atoms with E-state index in [2.05, 4.69) is 16.2 Å². The lowest BCUT2D eigenvalue weighted by Crippen LogP contribution is -2.43. The molecule has 0 aromatic heterocycles. The minimum atomic E-state index is -0.337. The highest BCUT2D eigenvalue weighted by molar-refractivity contribution is 5.91. The van der Waals surface area contributed by atoms with Crippen molar-refractivity contribution in [3.63, 3.8) is 0 Å². The average Bonchev–Trinajstić information content (AvgIpc) is 2.74. The summed E-state index contributed by atoms with van der Waals surface area (Å²) >= 11 is 0. The van der Waals surface area contributed by atoms with Crippen LogP contribution in [0.4, 0.5) is 4.39 Å². The van der Waals surface area contributed by atoms with Crippen molar-refractivity contribution in [2.45, 2.75) is 25.6 Å². The Hall–Kier alpha value is -1.72. The van der Waals surface area contributed by atoms with Gasteiger partial charge >= 0.3 is 0 Å². The van der Waals surface area contributed by atoms with Crippen LogP contribution in [0.2, 0.25) is 0 Å². The number of rotatable bonds is 3. The van der Waals surface area contributed by atoms with Crippen LogP contribution in [0.25, 0.3) is 6.08 Å². The lowest BCUT2D eigenvalue weighted by molar-refractivity contribution is -0.117. The van der Waals surface area contributed by atoms with Crippen molar-refractivity contribution in [1.29, 1.82) is 0 Å². The molecule has 0 spiro atoms. The van der Waals surface area contributed by atoms with Crippen LogP contribution >= 0.6 is 0 Å². The van der Waals surface area contributed by atoms with Crippen LogP contribution < -0.4 is 16.2 Å². The molecule has 2 rings (SSSR count). The second-order valence-electron chi connectivity index (χ2n) is 4.34. The summed E-state index contributed by atoms with van der Waals surface area (Å²) in [5.74, 6) is -0.581. The highest BCUT2D eigenvalue weighted by atomic mass is 19.1. The molecule has 1 aromatic carbocycles. The molecular formula is C13H16FN3O. The van der Waals surface area contributed by atoms with Crippen molar-refractivity contribution in [2.75, 3.05) is 0 Å². The fourth-order valence-corrected chi connectivity index (χ4v) is 1.80. The van der Waals surface area contributed by atoms with Crippen LogP contribution in [0.15, 0.2) is 30.3 Å². The number of nitrogens with one attached hydrogen (secondary N) is 3. The van der Waals surface area contributed by atoms with Crippen molar-refractivity contribution in [3.8, 4) is 0 Å². The van der Waals surface area contributed by atoms with Crippen LogP contribution in [0, 0.1) is 5.82 Å². The Labute approximate surface area is 105 Å². The molecule has 1 heterocycles. The number of carbonyl (C=O) groups excluding carboxylic acids is 1. The fraction of sp³-hybridized carbons (Fsp3) is 0.308. The molecule has 1 saturated heterocycles. The molecule has 0 bridgehead atoms. The Balaban J connectivity index is 1.89. The smallest absolute Gasteiger partial charge is 0.245 e. The zero-order chi connectivity index (χ0) is 13.0. The molecule has 96 valence electrons. The van der Waals surface area contributed by atoms with Gasteiger partial charge in [-0.3, -0.25) is 10.2 Å². The molecule has 1 aliphatic heterocycles. The number of hydrogen-bond acceptors (Lipinski definition) is 3. The highest BCUT2D eigenvalue weighted by Crippen LogP contribution is 2.08. The molecule has 2 atom stereocenters. The number of hydrazine groups is 1. The van der Waals surface area contributed by atoms with E-state index in [-0.39, 0.29) is 17.9 Å². The van der Waals surface area contributed by atoms with Crippen LogP contribution in [0.5, 0.6) is 0 Å². The molecule has 0 saturated carbocycles. The lowest BCUT2D eigenvalue weighted by Gasteiger charge is -2.09. The highest BCUT2D eigenvalue weighted by Gasteiger charge is 2.20. The first kappa shape index (κ1) is 12.7. The summed E-state index contributed by atoms with van der Waals surface area (Å²) in [5.41, 5.74) is 6.37. The summed E-state index contributed by atoms with van der Waals surface area (Å²) < 4.78 is 13.3. The van der Waals surface area contributed by atoms with Gasteiger partial charge in [-0.15, -0.1) is 0 Å². The minimum Gasteiger partial charge on any atom is -0.336 e. The van der Waals surface area contributed by atoms with Crippen molar-refractivity contribution < 1.29 is 9.18 Å². The van der Waals surface area contributed by atoms with E-state index in [0.717, 1.165) is 6.42 Å². The van der Waals surface area contributed by atoms with Crippen molar-refractivity contribution in [1.82, 2.24) is 16.2 Å². The van der Waals surface area contributed by atoms with Crippen molar-refractivity contribution in [2.24, 2.45) is 0 Å². The van der Waals surface area contributed by atoms with Crippen LogP contribution in [0.1, 0.15) is 18.9 Å². The normalized spacial score (nSPS) is 23.4. The van der Waals surface area contributed by atoms with Crippen LogP contribution in [-0.2, 0) is 4.79 Å². The predicted octanol–water partition coefficient (Wildman–Crippen LogP) is 1.17. The summed E-state index contributed by atoms with van der Waals surface area (Å²) in [7, 11) is 0. The molecule has 1 amide bonds. The summed E-state index contributed by atoms with van der Waals surface area (Å²) in [6, 6.07) is 6.65. The summed E-state index contributed by atoms with van der Waals surface area (Å²) in [4.78, 5) is 11.6. The van der Waals surface area contributed by atoms with Gasteiger partial charge < -0.3 is 5.32 Å². The lowest BCUT2D eigenvalue weighted by atomic mass is 10.2. The van der Waals surface area contributed by atoms with E-state index in [0.29, 0.717) is 11.6 Å². The zero-order valence-corrected chi connectivity index (χ0v) is 10.1. The third kappa shape index (κ3) is 3.38. The Kier molecular flexibility index (Phi) is 4.07. The third-order valence-corrected chi connectivity index (χ3v) is 2.73. The van der Waals surface area contributed by atoms with E-state index in [1.807, 2.05) is 6.92 Å². The second kappa shape index (κ2) is 5.75. The maximum Gasteiger partial charge on any atom is 0.245 e. The van der Waals surface area contributed by atoms with E-state index < -0.39 is 0 Å². The molecule has 18 heavy (non-hydrogen) atoms. The van der Waals surface area contributed by atoms with Crippen molar-refractivity contribution in [3.05, 3.63) is 41.7 Å². The van der Waals surface area contributed by atoms with Gasteiger partial charge in [-0.25, -0.2) is 9.82 Å². The van der Waals surface area contributed by atoms with Crippen molar-refractivity contribution >= 4 is 12.0 Å². The maximum atomic E-state index is 13.3. The van der Waals surface area contributed by atoms with Gasteiger partial charge in [0.15, 0.2) is 0 Å². The Bertz CT molecular complexity index is 461. The van der Waals surface area contributed by atoms with Crippen LogP contribution in [0.3, 0.4) is 0 Å². The van der Waals surface area contributed by atoms with E-state index in [1.54, 1.807) is 18.2 Å². The zero-order valence-electron chi connectivity index (χ0n) is 10.1. The number of amides is 1. The quantitative estimate of drug-likeness (QED) is 0.705. The molecule has 2 unspecified atom stereocenters. The number of halogens is 1. The molecular weight excluding hydrogens is 233 g/mol. The summed E-state index contributed by atoms with van der Waals surface area (Å²) in [5, 5.41) is 2.78. The van der Waals surface area contributed by atoms with E-state index in [1.165, 1.54) is 18.2 Å². The molecule has 1 aromatic rings. The third-order valence-electron chi connectivity index (χ3n) is 2.73. The van der Waals surface area contributed by atoms with Gasteiger partial charge in [0.05, 0.1) is 6.17 Å². The topological polar surface area (TPSA) is 53.2 Å². The van der Waals surface area contributed by atoms with Gasteiger partial charge in [-0.05, 0) is 25.5 Å². The Morgan fingerprint density at radius 3 is 2.89 bits per heavy atom. The minimum absolute atomic E-state index is 0.0854. The standard InChI is InChI=1S/C13H16FN3O/c1-9-8-12(17-16-9)15-13(18)7-6-10-4-2-3-5-11(10)14/h2-7,9,12,16-17H,8H2,1H3,(H,15,18)/b7-6+. The monoisotopic (exact) mass is 249 g/mol. The number of carbonyl (C=O) groups is 1. The van der Waals surface area contributed by atoms with Gasteiger partial charge in [-0.1, -0.05) is 18.2 Å². The van der Waals surface area contributed by atoms with E-state index >= 15 is 0 Å². The van der Waals surface area contributed by atoms with Gasteiger partial charge in [0.1, 0.15) is 5.82 Å². The first-order valence-corrected chi connectivity index (χ1v) is 5.89. The molecule has 1 fully saturated rings. The Morgan fingerprint density at radius 2 is 2.22 bits per heavy atom. The van der Waals surface area contributed by atoms with Gasteiger partial charge in [0.2, 0.25) is 5.91 Å². The van der Waals surface area contributed by atoms with Gasteiger partial charge in [0, 0.05) is 17.7 Å². The van der Waals surface area contributed by atoms with Crippen LogP contribution in [-0.4, -0.2) is 18.1 Å². The molecule has 4 nitrogen and oxygen atoms in total. The molecule has 1 aliphatic rings. The molecule has 0 aliphatic carbocycles. The molecule has 3 N–H and O–H groups in total. The summed E-state index contributed by atoms with van der Waals surface area (Å²) in [6.45, 7) is 2.02. The van der Waals surface area contributed by atoms with Gasteiger partial charge in [0.25, 0.3) is 0 Å². The molecule has 5 heteroatoms. The fourth-order valence-electron chi connectivity index (χ4n) is 1.80. The largest absolute Gasteiger partial charge is 0.336 e. The number of benzene rings is 1. The predicted molar refractivity (Wildman–Crippen MR) is 67.7 cm³/mol. The number of hydrogen-bond donors (Lipinski definition) is 3. The molecule has 0 radical (unpaired) electrons. The average molecular weight is 249 g/mol. The second-order valence-corrected chi connectivity index (χ2v) is 4.34. The van der Waals surface area contributed by atoms with Gasteiger partial charge in [-0.2, -0.15) is 0 Å².